The first-order valence-corrected chi connectivity index (χ1v) is 6.09. The molecule has 2 rings (SSSR count). The zero-order chi connectivity index (χ0) is 12.3. The van der Waals surface area contributed by atoms with Crippen molar-refractivity contribution in [3.05, 3.63) is 54.1 Å². The van der Waals surface area contributed by atoms with Crippen LogP contribution in [0.4, 0.5) is 5.69 Å². The Kier molecular flexibility index (Phi) is 3.48. The molecule has 0 spiro atoms. The van der Waals surface area contributed by atoms with Crippen molar-refractivity contribution in [1.29, 1.82) is 0 Å². The highest BCUT2D eigenvalue weighted by atomic mass is 14.8. The maximum atomic E-state index is 3.17. The average Bonchev–Trinajstić information content (AvgIpc) is 2.39. The Morgan fingerprint density at radius 1 is 0.882 bits per heavy atom. The lowest BCUT2D eigenvalue weighted by molar-refractivity contribution is 0.867. The van der Waals surface area contributed by atoms with Gasteiger partial charge in [-0.2, -0.15) is 0 Å². The number of nitrogens with one attached hydrogen (secondary N) is 1. The van der Waals surface area contributed by atoms with Crippen LogP contribution in [0.3, 0.4) is 0 Å². The highest BCUT2D eigenvalue weighted by molar-refractivity contribution is 5.68. The maximum absolute atomic E-state index is 3.17. The molecule has 1 N–H and O–H groups in total. The summed E-state index contributed by atoms with van der Waals surface area (Å²) in [4.78, 5) is 0. The number of rotatable bonds is 3. The second-order valence-electron chi connectivity index (χ2n) is 4.61. The van der Waals surface area contributed by atoms with E-state index in [4.69, 9.17) is 0 Å². The Balaban J connectivity index is 2.41. The van der Waals surface area contributed by atoms with E-state index in [1.54, 1.807) is 0 Å². The van der Waals surface area contributed by atoms with Crippen molar-refractivity contribution in [1.82, 2.24) is 0 Å². The van der Waals surface area contributed by atoms with Gasteiger partial charge in [0.15, 0.2) is 0 Å². The fourth-order valence-corrected chi connectivity index (χ4v) is 1.93. The van der Waals surface area contributed by atoms with Gasteiger partial charge in [-0.15, -0.1) is 0 Å². The van der Waals surface area contributed by atoms with Crippen molar-refractivity contribution in [3.8, 4) is 11.1 Å². The first-order chi connectivity index (χ1) is 8.20. The zero-order valence-corrected chi connectivity index (χ0v) is 10.7. The minimum absolute atomic E-state index is 0.572. The number of hydrogen-bond donors (Lipinski definition) is 1. The van der Waals surface area contributed by atoms with Crippen molar-refractivity contribution < 1.29 is 0 Å². The minimum Gasteiger partial charge on any atom is -0.388 e. The molecular formula is C16H19N. The molecule has 0 heterocycles. The summed E-state index contributed by atoms with van der Waals surface area (Å²) >= 11 is 0. The van der Waals surface area contributed by atoms with E-state index in [0.29, 0.717) is 5.92 Å². The second-order valence-corrected chi connectivity index (χ2v) is 4.61. The van der Waals surface area contributed by atoms with Gasteiger partial charge in [-0.05, 0) is 34.7 Å². The molecule has 0 saturated carbocycles. The van der Waals surface area contributed by atoms with Crippen LogP contribution < -0.4 is 5.32 Å². The molecule has 1 heteroatoms. The van der Waals surface area contributed by atoms with Gasteiger partial charge in [-0.3, -0.25) is 0 Å². The molecule has 1 nitrogen and oxygen atoms in total. The van der Waals surface area contributed by atoms with E-state index in [1.807, 2.05) is 7.05 Å². The van der Waals surface area contributed by atoms with Crippen LogP contribution in [0.5, 0.6) is 0 Å². The van der Waals surface area contributed by atoms with Crippen LogP contribution in [0, 0.1) is 0 Å². The Labute approximate surface area is 103 Å². The largest absolute Gasteiger partial charge is 0.388 e. The summed E-state index contributed by atoms with van der Waals surface area (Å²) in [7, 11) is 1.95. The molecule has 2 aromatic rings. The van der Waals surface area contributed by atoms with Gasteiger partial charge >= 0.3 is 0 Å². The third-order valence-electron chi connectivity index (χ3n) is 3.04. The standard InChI is InChI=1S/C16H19N/c1-12(2)13-6-4-7-14(10-13)15-8-5-9-16(11-15)17-3/h4-12,17H,1-3H3. The summed E-state index contributed by atoms with van der Waals surface area (Å²) in [5, 5.41) is 3.17. The van der Waals surface area contributed by atoms with E-state index in [1.165, 1.54) is 16.7 Å². The van der Waals surface area contributed by atoms with E-state index in [2.05, 4.69) is 67.7 Å². The highest BCUT2D eigenvalue weighted by Crippen LogP contribution is 2.25. The van der Waals surface area contributed by atoms with Crippen molar-refractivity contribution in [2.24, 2.45) is 0 Å². The summed E-state index contributed by atoms with van der Waals surface area (Å²) in [6.07, 6.45) is 0. The van der Waals surface area contributed by atoms with Gasteiger partial charge in [-0.1, -0.05) is 50.2 Å². The molecule has 0 fully saturated rings. The summed E-state index contributed by atoms with van der Waals surface area (Å²) < 4.78 is 0. The van der Waals surface area contributed by atoms with E-state index in [-0.39, 0.29) is 0 Å². The quantitative estimate of drug-likeness (QED) is 0.810. The van der Waals surface area contributed by atoms with Gasteiger partial charge in [0.1, 0.15) is 0 Å². The number of anilines is 1. The van der Waals surface area contributed by atoms with Crippen LogP contribution in [0.1, 0.15) is 25.3 Å². The fourth-order valence-electron chi connectivity index (χ4n) is 1.93. The molecule has 0 radical (unpaired) electrons. The van der Waals surface area contributed by atoms with Crippen molar-refractivity contribution in [3.63, 3.8) is 0 Å². The third kappa shape index (κ3) is 2.68. The Hall–Kier alpha value is -1.76. The molecule has 0 amide bonds. The van der Waals surface area contributed by atoms with Crippen molar-refractivity contribution in [2.45, 2.75) is 19.8 Å². The van der Waals surface area contributed by atoms with Gasteiger partial charge in [0.05, 0.1) is 0 Å². The van der Waals surface area contributed by atoms with Crippen LogP contribution in [-0.4, -0.2) is 7.05 Å². The number of benzene rings is 2. The Bertz CT molecular complexity index is 500. The monoisotopic (exact) mass is 225 g/mol. The second kappa shape index (κ2) is 5.05. The SMILES string of the molecule is CNc1cccc(-c2cccc(C(C)C)c2)c1. The molecule has 0 aromatic heterocycles. The molecule has 0 unspecified atom stereocenters. The van der Waals surface area contributed by atoms with Gasteiger partial charge < -0.3 is 5.32 Å². The van der Waals surface area contributed by atoms with E-state index >= 15 is 0 Å². The lowest BCUT2D eigenvalue weighted by atomic mass is 9.97. The third-order valence-corrected chi connectivity index (χ3v) is 3.04. The van der Waals surface area contributed by atoms with Gasteiger partial charge in [0.25, 0.3) is 0 Å². The predicted octanol–water partition coefficient (Wildman–Crippen LogP) is 4.52. The summed E-state index contributed by atoms with van der Waals surface area (Å²) in [5.41, 5.74) is 5.09. The van der Waals surface area contributed by atoms with Gasteiger partial charge in [0, 0.05) is 12.7 Å². The van der Waals surface area contributed by atoms with Crippen LogP contribution >= 0.6 is 0 Å². The molecule has 0 saturated heterocycles. The average molecular weight is 225 g/mol. The minimum atomic E-state index is 0.572. The van der Waals surface area contributed by atoms with Crippen LogP contribution in [0.2, 0.25) is 0 Å². The van der Waals surface area contributed by atoms with E-state index in [9.17, 15) is 0 Å². The normalized spacial score (nSPS) is 10.6. The Morgan fingerprint density at radius 2 is 1.53 bits per heavy atom. The van der Waals surface area contributed by atoms with Crippen LogP contribution in [-0.2, 0) is 0 Å². The van der Waals surface area contributed by atoms with Gasteiger partial charge in [0.2, 0.25) is 0 Å². The zero-order valence-electron chi connectivity index (χ0n) is 10.7. The first kappa shape index (κ1) is 11.7. The topological polar surface area (TPSA) is 12.0 Å². The first-order valence-electron chi connectivity index (χ1n) is 6.09. The van der Waals surface area contributed by atoms with Crippen molar-refractivity contribution >= 4 is 5.69 Å². The van der Waals surface area contributed by atoms with Crippen molar-refractivity contribution in [2.75, 3.05) is 12.4 Å². The van der Waals surface area contributed by atoms with E-state index < -0.39 is 0 Å². The molecule has 0 aliphatic heterocycles. The molecule has 0 atom stereocenters. The predicted molar refractivity (Wildman–Crippen MR) is 75.5 cm³/mol. The summed E-state index contributed by atoms with van der Waals surface area (Å²) in [6.45, 7) is 4.45. The molecule has 2 aromatic carbocycles. The summed E-state index contributed by atoms with van der Waals surface area (Å²) in [6, 6.07) is 17.3. The molecular weight excluding hydrogens is 206 g/mol. The van der Waals surface area contributed by atoms with Gasteiger partial charge in [-0.25, -0.2) is 0 Å². The lowest BCUT2D eigenvalue weighted by Gasteiger charge is -2.09. The fraction of sp³-hybridized carbons (Fsp3) is 0.250. The van der Waals surface area contributed by atoms with Crippen LogP contribution in [0.15, 0.2) is 48.5 Å². The Morgan fingerprint density at radius 3 is 2.18 bits per heavy atom. The lowest BCUT2D eigenvalue weighted by Crippen LogP contribution is -1.90. The molecule has 17 heavy (non-hydrogen) atoms. The molecule has 0 bridgehead atoms. The smallest absolute Gasteiger partial charge is 0.0343 e. The summed E-state index contributed by atoms with van der Waals surface area (Å²) in [5.74, 6) is 0.572. The van der Waals surface area contributed by atoms with E-state index in [0.717, 1.165) is 5.69 Å². The highest BCUT2D eigenvalue weighted by Gasteiger charge is 2.02. The molecule has 88 valence electrons. The molecule has 0 aliphatic carbocycles. The molecule has 0 aliphatic rings. The van der Waals surface area contributed by atoms with Crippen LogP contribution in [0.25, 0.3) is 11.1 Å². The maximum Gasteiger partial charge on any atom is 0.0343 e. The number of hydrogen-bond acceptors (Lipinski definition) is 1.